The van der Waals surface area contributed by atoms with Gasteiger partial charge in [-0.25, -0.2) is 0 Å². The Balaban J connectivity index is 2.03. The molecule has 4 nitrogen and oxygen atoms in total. The molecule has 0 aromatic carbocycles. The van der Waals surface area contributed by atoms with Gasteiger partial charge in [0.05, 0.1) is 0 Å². The maximum atomic E-state index is 5.20. The van der Waals surface area contributed by atoms with E-state index in [-0.39, 0.29) is 5.96 Å². The van der Waals surface area contributed by atoms with Gasteiger partial charge in [0.25, 0.3) is 0 Å². The first-order chi connectivity index (χ1) is 5.77. The first kappa shape index (κ1) is 7.58. The highest BCUT2D eigenvalue weighted by atomic mass is 15.3. The van der Waals surface area contributed by atoms with Gasteiger partial charge in [0, 0.05) is 5.71 Å². The van der Waals surface area contributed by atoms with E-state index < -0.39 is 0 Å². The average molecular weight is 166 g/mol. The summed E-state index contributed by atoms with van der Waals surface area (Å²) >= 11 is 0. The Labute approximate surface area is 71.7 Å². The van der Waals surface area contributed by atoms with Crippen molar-refractivity contribution in [2.24, 2.45) is 33.5 Å². The summed E-state index contributed by atoms with van der Waals surface area (Å²) in [4.78, 5) is 0. The second-order valence-electron chi connectivity index (χ2n) is 3.60. The summed E-state index contributed by atoms with van der Waals surface area (Å²) in [7, 11) is 0. The zero-order valence-corrected chi connectivity index (χ0v) is 7.03. The zero-order valence-electron chi connectivity index (χ0n) is 7.03. The number of guanidine groups is 1. The van der Waals surface area contributed by atoms with Crippen molar-refractivity contribution in [3.63, 3.8) is 0 Å². The third-order valence-electron chi connectivity index (χ3n) is 2.27. The molecule has 4 N–H and O–H groups in total. The molecule has 2 rings (SSSR count). The summed E-state index contributed by atoms with van der Waals surface area (Å²) in [5.74, 6) is 1.45. The smallest absolute Gasteiger partial charge is 0.211 e. The van der Waals surface area contributed by atoms with Crippen molar-refractivity contribution in [3.8, 4) is 0 Å². The van der Waals surface area contributed by atoms with Crippen LogP contribution in [0.5, 0.6) is 0 Å². The molecule has 0 aromatic rings. The van der Waals surface area contributed by atoms with Gasteiger partial charge < -0.3 is 11.5 Å². The van der Waals surface area contributed by atoms with E-state index in [1.165, 1.54) is 31.4 Å². The molecule has 0 saturated heterocycles. The maximum absolute atomic E-state index is 5.20. The van der Waals surface area contributed by atoms with Gasteiger partial charge in [-0.15, -0.1) is 5.10 Å². The Morgan fingerprint density at radius 3 is 1.75 bits per heavy atom. The molecule has 66 valence electrons. The van der Waals surface area contributed by atoms with Crippen LogP contribution in [-0.4, -0.2) is 11.7 Å². The molecule has 2 fully saturated rings. The fraction of sp³-hybridized carbons (Fsp3) is 0.750. The lowest BCUT2D eigenvalue weighted by Gasteiger charge is -1.97. The van der Waals surface area contributed by atoms with Crippen LogP contribution in [0.25, 0.3) is 0 Å². The van der Waals surface area contributed by atoms with E-state index in [1.807, 2.05) is 0 Å². The number of nitrogens with zero attached hydrogens (tertiary/aromatic N) is 2. The van der Waals surface area contributed by atoms with Crippen molar-refractivity contribution in [2.45, 2.75) is 25.7 Å². The van der Waals surface area contributed by atoms with Crippen molar-refractivity contribution in [2.75, 3.05) is 0 Å². The monoisotopic (exact) mass is 166 g/mol. The molecule has 2 saturated carbocycles. The highest BCUT2D eigenvalue weighted by Crippen LogP contribution is 2.42. The molecule has 2 aliphatic carbocycles. The summed E-state index contributed by atoms with van der Waals surface area (Å²) in [6.07, 6.45) is 5.09. The van der Waals surface area contributed by atoms with E-state index in [2.05, 4.69) is 10.2 Å². The summed E-state index contributed by atoms with van der Waals surface area (Å²) < 4.78 is 0. The van der Waals surface area contributed by atoms with E-state index in [1.54, 1.807) is 0 Å². The minimum absolute atomic E-state index is 0.0637. The first-order valence-corrected chi connectivity index (χ1v) is 4.43. The predicted octanol–water partition coefficient (Wildman–Crippen LogP) is 0.436. The van der Waals surface area contributed by atoms with Gasteiger partial charge in [0.2, 0.25) is 5.96 Å². The summed E-state index contributed by atoms with van der Waals surface area (Å²) in [5, 5.41) is 7.81. The molecule has 0 aliphatic heterocycles. The van der Waals surface area contributed by atoms with Crippen molar-refractivity contribution in [1.29, 1.82) is 0 Å². The molecule has 0 heterocycles. The van der Waals surface area contributed by atoms with Gasteiger partial charge in [-0.1, -0.05) is 0 Å². The Bertz CT molecular complexity index is 217. The lowest BCUT2D eigenvalue weighted by molar-refractivity contribution is 1.00. The lowest BCUT2D eigenvalue weighted by atomic mass is 10.2. The van der Waals surface area contributed by atoms with Crippen LogP contribution in [0.1, 0.15) is 25.7 Å². The van der Waals surface area contributed by atoms with Gasteiger partial charge >= 0.3 is 0 Å². The number of nitrogens with two attached hydrogens (primary N) is 2. The molecule has 12 heavy (non-hydrogen) atoms. The van der Waals surface area contributed by atoms with Crippen molar-refractivity contribution < 1.29 is 0 Å². The molecule has 0 atom stereocenters. The lowest BCUT2D eigenvalue weighted by Crippen LogP contribution is -2.22. The van der Waals surface area contributed by atoms with E-state index >= 15 is 0 Å². The first-order valence-electron chi connectivity index (χ1n) is 4.43. The molecule has 0 spiro atoms. The van der Waals surface area contributed by atoms with Crippen molar-refractivity contribution in [1.82, 2.24) is 0 Å². The second kappa shape index (κ2) is 2.77. The van der Waals surface area contributed by atoms with E-state index in [0.717, 1.165) is 0 Å². The van der Waals surface area contributed by atoms with E-state index in [9.17, 15) is 0 Å². The van der Waals surface area contributed by atoms with Crippen LogP contribution < -0.4 is 11.5 Å². The minimum atomic E-state index is 0.0637. The maximum Gasteiger partial charge on any atom is 0.211 e. The molecular formula is C8H14N4. The summed E-state index contributed by atoms with van der Waals surface area (Å²) in [6.45, 7) is 0. The van der Waals surface area contributed by atoms with Gasteiger partial charge in [-0.3, -0.25) is 0 Å². The molecule has 0 amide bonds. The standard InChI is InChI=1S/C8H14N4/c9-8(10)12-11-7(5-1-2-5)6-3-4-6/h5-6H,1-4H2,(H4,9,10,12). The second-order valence-corrected chi connectivity index (χ2v) is 3.60. The van der Waals surface area contributed by atoms with Crippen LogP contribution in [0.3, 0.4) is 0 Å². The fourth-order valence-electron chi connectivity index (χ4n) is 1.37. The highest BCUT2D eigenvalue weighted by molar-refractivity contribution is 5.93. The normalized spacial score (nSPS) is 21.7. The van der Waals surface area contributed by atoms with Gasteiger partial charge in [0.1, 0.15) is 0 Å². The van der Waals surface area contributed by atoms with Gasteiger partial charge in [0.15, 0.2) is 0 Å². The highest BCUT2D eigenvalue weighted by Gasteiger charge is 2.38. The summed E-state index contributed by atoms with van der Waals surface area (Å²) in [5.41, 5.74) is 11.6. The Hall–Kier alpha value is -1.06. The fourth-order valence-corrected chi connectivity index (χ4v) is 1.37. The van der Waals surface area contributed by atoms with Crippen LogP contribution >= 0.6 is 0 Å². The molecule has 0 radical (unpaired) electrons. The average Bonchev–Trinajstić information content (AvgIpc) is 2.83. The third-order valence-corrected chi connectivity index (χ3v) is 2.27. The molecule has 2 aliphatic rings. The van der Waals surface area contributed by atoms with Crippen LogP contribution in [0, 0.1) is 11.8 Å². The molecule has 0 aromatic heterocycles. The topological polar surface area (TPSA) is 76.8 Å². The SMILES string of the molecule is NC(N)=NN=C(C1CC1)C1CC1. The third kappa shape index (κ3) is 1.75. The zero-order chi connectivity index (χ0) is 8.55. The molecule has 0 unspecified atom stereocenters. The largest absolute Gasteiger partial charge is 0.369 e. The molecule has 0 bridgehead atoms. The van der Waals surface area contributed by atoms with E-state index in [4.69, 9.17) is 11.5 Å². The van der Waals surface area contributed by atoms with Crippen molar-refractivity contribution >= 4 is 11.7 Å². The Morgan fingerprint density at radius 2 is 1.42 bits per heavy atom. The molecule has 4 heteroatoms. The molecular weight excluding hydrogens is 152 g/mol. The number of rotatable bonds is 3. The minimum Gasteiger partial charge on any atom is -0.369 e. The Kier molecular flexibility index (Phi) is 1.75. The van der Waals surface area contributed by atoms with Crippen LogP contribution in [-0.2, 0) is 0 Å². The number of hydrogen-bond donors (Lipinski definition) is 2. The van der Waals surface area contributed by atoms with Gasteiger partial charge in [-0.05, 0) is 37.5 Å². The summed E-state index contributed by atoms with van der Waals surface area (Å²) in [6, 6.07) is 0. The quantitative estimate of drug-likeness (QED) is 0.362. The van der Waals surface area contributed by atoms with Crippen LogP contribution in [0.4, 0.5) is 0 Å². The Morgan fingerprint density at radius 1 is 0.917 bits per heavy atom. The number of hydrogen-bond acceptors (Lipinski definition) is 2. The van der Waals surface area contributed by atoms with Crippen molar-refractivity contribution in [3.05, 3.63) is 0 Å². The van der Waals surface area contributed by atoms with E-state index in [0.29, 0.717) is 11.8 Å². The van der Waals surface area contributed by atoms with Crippen LogP contribution in [0.2, 0.25) is 0 Å². The van der Waals surface area contributed by atoms with Gasteiger partial charge in [-0.2, -0.15) is 5.10 Å². The predicted molar refractivity (Wildman–Crippen MR) is 48.7 cm³/mol. The van der Waals surface area contributed by atoms with Crippen LogP contribution in [0.15, 0.2) is 10.2 Å².